The highest BCUT2D eigenvalue weighted by atomic mass is 19.4. The number of carbonyl (C=O) groups is 1. The first-order chi connectivity index (χ1) is 8.14. The smallest absolute Gasteiger partial charge is 0.458 e. The van der Waals surface area contributed by atoms with Crippen molar-refractivity contribution in [3.05, 3.63) is 41.5 Å². The highest BCUT2D eigenvalue weighted by Gasteiger charge is 2.58. The summed E-state index contributed by atoms with van der Waals surface area (Å²) in [6, 6.07) is 3.43. The number of carboxylic acid groups (broad SMARTS) is 1. The predicted octanol–water partition coefficient (Wildman–Crippen LogP) is 3.44. The van der Waals surface area contributed by atoms with Gasteiger partial charge >= 0.3 is 18.1 Å². The maximum absolute atomic E-state index is 13.0. The second kappa shape index (κ2) is 4.75. The highest BCUT2D eigenvalue weighted by molar-refractivity contribution is 5.85. The minimum atomic E-state index is -5.69. The van der Waals surface area contributed by atoms with E-state index in [0.29, 0.717) is 18.2 Å². The second-order valence-electron chi connectivity index (χ2n) is 3.37. The fraction of sp³-hybridized carbons (Fsp3) is 0.182. The van der Waals surface area contributed by atoms with Crippen molar-refractivity contribution in [1.29, 1.82) is 0 Å². The Morgan fingerprint density at radius 3 is 2.28 bits per heavy atom. The zero-order valence-corrected chi connectivity index (χ0v) is 8.71. The lowest BCUT2D eigenvalue weighted by atomic mass is 10.0. The van der Waals surface area contributed by atoms with E-state index in [2.05, 4.69) is 0 Å². The van der Waals surface area contributed by atoms with Gasteiger partial charge in [0.25, 0.3) is 0 Å². The van der Waals surface area contributed by atoms with Crippen molar-refractivity contribution in [3.63, 3.8) is 0 Å². The predicted molar refractivity (Wildman–Crippen MR) is 53.1 cm³/mol. The van der Waals surface area contributed by atoms with Gasteiger partial charge in [0.1, 0.15) is 0 Å². The van der Waals surface area contributed by atoms with E-state index in [1.807, 2.05) is 0 Å². The van der Waals surface area contributed by atoms with Crippen molar-refractivity contribution >= 4 is 12.0 Å². The molecule has 1 N–H and O–H groups in total. The monoisotopic (exact) mass is 266 g/mol. The molecule has 0 fully saturated rings. The van der Waals surface area contributed by atoms with Gasteiger partial charge in [-0.05, 0) is 17.7 Å². The third kappa shape index (κ3) is 3.06. The van der Waals surface area contributed by atoms with Crippen molar-refractivity contribution in [2.24, 2.45) is 0 Å². The molecule has 0 aliphatic carbocycles. The van der Waals surface area contributed by atoms with Crippen LogP contribution in [0.25, 0.3) is 6.08 Å². The standard InChI is InChI=1S/C11H7F5O2/c12-10(13,11(14,15)16)8-3-1-2-7(6-8)4-5-9(17)18/h1-6H,(H,17,18). The van der Waals surface area contributed by atoms with Gasteiger partial charge in [0.2, 0.25) is 0 Å². The van der Waals surface area contributed by atoms with Crippen molar-refractivity contribution in [2.75, 3.05) is 0 Å². The van der Waals surface area contributed by atoms with Crippen molar-refractivity contribution < 1.29 is 31.9 Å². The highest BCUT2D eigenvalue weighted by Crippen LogP contribution is 2.43. The molecule has 98 valence electrons. The van der Waals surface area contributed by atoms with Gasteiger partial charge in [-0.25, -0.2) is 4.79 Å². The Balaban J connectivity index is 3.13. The molecule has 1 aromatic carbocycles. The lowest BCUT2D eigenvalue weighted by molar-refractivity contribution is -0.289. The number of carboxylic acids is 1. The van der Waals surface area contributed by atoms with Gasteiger partial charge in [-0.1, -0.05) is 18.2 Å². The van der Waals surface area contributed by atoms with Crippen molar-refractivity contribution in [2.45, 2.75) is 12.1 Å². The molecule has 1 rings (SSSR count). The molecule has 0 heterocycles. The van der Waals surface area contributed by atoms with Gasteiger partial charge in [-0.15, -0.1) is 0 Å². The van der Waals surface area contributed by atoms with Gasteiger partial charge in [-0.2, -0.15) is 22.0 Å². The summed E-state index contributed by atoms with van der Waals surface area (Å²) in [5.74, 6) is -6.30. The van der Waals surface area contributed by atoms with Crippen molar-refractivity contribution in [3.8, 4) is 0 Å². The van der Waals surface area contributed by atoms with E-state index >= 15 is 0 Å². The van der Waals surface area contributed by atoms with Gasteiger partial charge < -0.3 is 5.11 Å². The molecule has 0 spiro atoms. The Bertz CT molecular complexity index is 477. The summed E-state index contributed by atoms with van der Waals surface area (Å²) in [7, 11) is 0. The minimum Gasteiger partial charge on any atom is -0.478 e. The third-order valence-corrected chi connectivity index (χ3v) is 2.02. The molecule has 0 saturated carbocycles. The Morgan fingerprint density at radius 2 is 1.78 bits per heavy atom. The second-order valence-corrected chi connectivity index (χ2v) is 3.37. The average molecular weight is 266 g/mol. The molecule has 0 bridgehead atoms. The molecular formula is C11H7F5O2. The Morgan fingerprint density at radius 1 is 1.17 bits per heavy atom. The van der Waals surface area contributed by atoms with Crippen LogP contribution >= 0.6 is 0 Å². The Kier molecular flexibility index (Phi) is 3.73. The fourth-order valence-corrected chi connectivity index (χ4v) is 1.17. The minimum absolute atomic E-state index is 0.0566. The molecule has 2 nitrogen and oxygen atoms in total. The van der Waals surface area contributed by atoms with Crippen LogP contribution in [0, 0.1) is 0 Å². The van der Waals surface area contributed by atoms with Crippen LogP contribution in [0.15, 0.2) is 30.3 Å². The van der Waals surface area contributed by atoms with E-state index in [-0.39, 0.29) is 5.56 Å². The number of benzene rings is 1. The molecule has 0 saturated heterocycles. The van der Waals surface area contributed by atoms with Crippen molar-refractivity contribution in [1.82, 2.24) is 0 Å². The molecule has 0 aromatic heterocycles. The molecule has 7 heteroatoms. The van der Waals surface area contributed by atoms with E-state index in [0.717, 1.165) is 12.1 Å². The molecule has 0 atom stereocenters. The number of aliphatic carboxylic acids is 1. The summed E-state index contributed by atoms with van der Waals surface area (Å²) in [5, 5.41) is 8.32. The molecule has 0 aliphatic rings. The molecule has 1 aromatic rings. The van der Waals surface area contributed by atoms with E-state index < -0.39 is 23.6 Å². The van der Waals surface area contributed by atoms with Crippen LogP contribution in [0.3, 0.4) is 0 Å². The molecule has 18 heavy (non-hydrogen) atoms. The number of hydrogen-bond acceptors (Lipinski definition) is 1. The summed E-state index contributed by atoms with van der Waals surface area (Å²) in [4.78, 5) is 10.2. The van der Waals surface area contributed by atoms with Crippen LogP contribution in [0.4, 0.5) is 22.0 Å². The lowest BCUT2D eigenvalue weighted by Crippen LogP contribution is -2.33. The van der Waals surface area contributed by atoms with Crippen LogP contribution in [0.1, 0.15) is 11.1 Å². The molecule has 0 radical (unpaired) electrons. The molecule has 0 aliphatic heterocycles. The number of rotatable bonds is 3. The van der Waals surface area contributed by atoms with E-state index in [4.69, 9.17) is 5.11 Å². The summed E-state index contributed by atoms with van der Waals surface area (Å²) in [6.07, 6.45) is -4.12. The number of halogens is 5. The average Bonchev–Trinajstić information content (AvgIpc) is 2.25. The SMILES string of the molecule is O=C(O)C=Cc1cccc(C(F)(F)C(F)(F)F)c1. The van der Waals surface area contributed by atoms with Crippen LogP contribution in [-0.4, -0.2) is 17.3 Å². The van der Waals surface area contributed by atoms with Gasteiger partial charge in [-0.3, -0.25) is 0 Å². The maximum Gasteiger partial charge on any atom is 0.458 e. The van der Waals surface area contributed by atoms with Crippen LogP contribution in [-0.2, 0) is 10.7 Å². The Labute approximate surface area is 98.3 Å². The van der Waals surface area contributed by atoms with E-state index in [9.17, 15) is 26.7 Å². The lowest BCUT2D eigenvalue weighted by Gasteiger charge is -2.20. The first-order valence-corrected chi connectivity index (χ1v) is 4.60. The van der Waals surface area contributed by atoms with E-state index in [1.54, 1.807) is 0 Å². The summed E-state index contributed by atoms with van der Waals surface area (Å²) in [5.41, 5.74) is -1.29. The molecular weight excluding hydrogens is 259 g/mol. The first kappa shape index (κ1) is 14.1. The number of hydrogen-bond donors (Lipinski definition) is 1. The van der Waals surface area contributed by atoms with Crippen LogP contribution < -0.4 is 0 Å². The quantitative estimate of drug-likeness (QED) is 0.672. The molecule has 0 amide bonds. The molecule has 0 unspecified atom stereocenters. The largest absolute Gasteiger partial charge is 0.478 e. The summed E-state index contributed by atoms with van der Waals surface area (Å²) in [6.45, 7) is 0. The zero-order chi connectivity index (χ0) is 14.0. The maximum atomic E-state index is 13.0. The number of alkyl halides is 5. The van der Waals surface area contributed by atoms with Gasteiger partial charge in [0.05, 0.1) is 0 Å². The summed E-state index contributed by atoms with van der Waals surface area (Å²) >= 11 is 0. The van der Waals surface area contributed by atoms with Crippen LogP contribution in [0.2, 0.25) is 0 Å². The Hall–Kier alpha value is -1.92. The fourth-order valence-electron chi connectivity index (χ4n) is 1.17. The third-order valence-electron chi connectivity index (χ3n) is 2.02. The topological polar surface area (TPSA) is 37.3 Å². The van der Waals surface area contributed by atoms with Crippen LogP contribution in [0.5, 0.6) is 0 Å². The van der Waals surface area contributed by atoms with Gasteiger partial charge in [0.15, 0.2) is 0 Å². The zero-order valence-electron chi connectivity index (χ0n) is 8.71. The summed E-state index contributed by atoms with van der Waals surface area (Å²) < 4.78 is 62.3. The normalized spacial score (nSPS) is 12.9. The first-order valence-electron chi connectivity index (χ1n) is 4.60. The van der Waals surface area contributed by atoms with E-state index in [1.165, 1.54) is 6.07 Å². The van der Waals surface area contributed by atoms with Gasteiger partial charge in [0, 0.05) is 11.6 Å².